The maximum atomic E-state index is 9.44. The number of likely N-dealkylation sites (tertiary alicyclic amines) is 1. The second-order valence-electron chi connectivity index (χ2n) is 3.99. The van der Waals surface area contributed by atoms with Crippen LogP contribution in [-0.2, 0) is 0 Å². The van der Waals surface area contributed by atoms with Crippen LogP contribution in [0.4, 0.5) is 0 Å². The van der Waals surface area contributed by atoms with E-state index in [1.807, 2.05) is 0 Å². The Kier molecular flexibility index (Phi) is 2.90. The lowest BCUT2D eigenvalue weighted by molar-refractivity contribution is 0.120. The number of hydrogen-bond donors (Lipinski definition) is 1. The fraction of sp³-hybridized carbons (Fsp3) is 1.00. The monoisotopic (exact) mass is 157 g/mol. The Balaban J connectivity index is 2.36. The summed E-state index contributed by atoms with van der Waals surface area (Å²) in [5.41, 5.74) is 0. The van der Waals surface area contributed by atoms with Gasteiger partial charge in [0.05, 0.1) is 6.10 Å². The highest BCUT2D eigenvalue weighted by Crippen LogP contribution is 2.18. The molecular formula is C9H19NO. The van der Waals surface area contributed by atoms with Crippen molar-refractivity contribution in [3.63, 3.8) is 0 Å². The fourth-order valence-corrected chi connectivity index (χ4v) is 1.71. The fourth-order valence-electron chi connectivity index (χ4n) is 1.71. The Morgan fingerprint density at radius 1 is 1.55 bits per heavy atom. The normalized spacial score (nSPS) is 33.5. The van der Waals surface area contributed by atoms with Gasteiger partial charge in [0.25, 0.3) is 0 Å². The lowest BCUT2D eigenvalue weighted by Gasteiger charge is -2.23. The highest BCUT2D eigenvalue weighted by atomic mass is 16.3. The molecule has 2 heteroatoms. The molecule has 0 aliphatic carbocycles. The molecule has 0 radical (unpaired) electrons. The minimum Gasteiger partial charge on any atom is -0.391 e. The van der Waals surface area contributed by atoms with Crippen LogP contribution in [0.15, 0.2) is 0 Å². The predicted octanol–water partition coefficient (Wildman–Crippen LogP) is 1.10. The second-order valence-corrected chi connectivity index (χ2v) is 3.99. The molecule has 1 N–H and O–H groups in total. The van der Waals surface area contributed by atoms with E-state index in [4.69, 9.17) is 0 Å². The SMILES string of the molecule is CC(C)CN1CC[C@H](O)[C@H]1C. The van der Waals surface area contributed by atoms with Gasteiger partial charge in [-0.2, -0.15) is 0 Å². The van der Waals surface area contributed by atoms with Gasteiger partial charge in [0.1, 0.15) is 0 Å². The van der Waals surface area contributed by atoms with Crippen molar-refractivity contribution in [2.75, 3.05) is 13.1 Å². The van der Waals surface area contributed by atoms with E-state index < -0.39 is 0 Å². The van der Waals surface area contributed by atoms with E-state index in [0.717, 1.165) is 19.5 Å². The molecule has 0 aromatic carbocycles. The summed E-state index contributed by atoms with van der Waals surface area (Å²) in [5.74, 6) is 0.711. The van der Waals surface area contributed by atoms with Crippen LogP contribution < -0.4 is 0 Å². The molecule has 1 aliphatic heterocycles. The van der Waals surface area contributed by atoms with Crippen molar-refractivity contribution >= 4 is 0 Å². The largest absolute Gasteiger partial charge is 0.391 e. The summed E-state index contributed by atoms with van der Waals surface area (Å²) in [6.45, 7) is 8.74. The van der Waals surface area contributed by atoms with Crippen LogP contribution >= 0.6 is 0 Å². The van der Waals surface area contributed by atoms with E-state index in [9.17, 15) is 5.11 Å². The summed E-state index contributed by atoms with van der Waals surface area (Å²) in [6, 6.07) is 0.373. The maximum absolute atomic E-state index is 9.44. The molecule has 0 aromatic heterocycles. The molecule has 0 amide bonds. The van der Waals surface area contributed by atoms with Crippen molar-refractivity contribution in [1.82, 2.24) is 4.90 Å². The molecule has 1 saturated heterocycles. The smallest absolute Gasteiger partial charge is 0.0704 e. The van der Waals surface area contributed by atoms with E-state index in [1.54, 1.807) is 0 Å². The Bertz CT molecular complexity index is 125. The van der Waals surface area contributed by atoms with Crippen molar-refractivity contribution in [2.24, 2.45) is 5.92 Å². The summed E-state index contributed by atoms with van der Waals surface area (Å²) in [5, 5.41) is 9.44. The van der Waals surface area contributed by atoms with Crippen LogP contribution in [0.5, 0.6) is 0 Å². The third-order valence-electron chi connectivity index (χ3n) is 2.44. The Labute approximate surface area is 69.2 Å². The molecule has 11 heavy (non-hydrogen) atoms. The molecule has 0 bridgehead atoms. The molecule has 1 fully saturated rings. The van der Waals surface area contributed by atoms with Gasteiger partial charge in [-0.25, -0.2) is 0 Å². The van der Waals surface area contributed by atoms with Crippen LogP contribution in [0.1, 0.15) is 27.2 Å². The Morgan fingerprint density at radius 3 is 2.55 bits per heavy atom. The zero-order valence-electron chi connectivity index (χ0n) is 7.75. The van der Waals surface area contributed by atoms with Crippen LogP contribution in [0.3, 0.4) is 0 Å². The minimum absolute atomic E-state index is 0.0891. The zero-order valence-corrected chi connectivity index (χ0v) is 7.75. The van der Waals surface area contributed by atoms with E-state index >= 15 is 0 Å². The quantitative estimate of drug-likeness (QED) is 0.649. The average molecular weight is 157 g/mol. The number of rotatable bonds is 2. The Morgan fingerprint density at radius 2 is 2.18 bits per heavy atom. The molecule has 66 valence electrons. The van der Waals surface area contributed by atoms with Gasteiger partial charge < -0.3 is 5.11 Å². The van der Waals surface area contributed by atoms with Gasteiger partial charge in [0, 0.05) is 19.1 Å². The van der Waals surface area contributed by atoms with Gasteiger partial charge in [-0.05, 0) is 19.3 Å². The topological polar surface area (TPSA) is 23.5 Å². The predicted molar refractivity (Wildman–Crippen MR) is 46.5 cm³/mol. The van der Waals surface area contributed by atoms with Gasteiger partial charge in [0.2, 0.25) is 0 Å². The van der Waals surface area contributed by atoms with E-state index in [2.05, 4.69) is 25.7 Å². The van der Waals surface area contributed by atoms with Crippen molar-refractivity contribution in [2.45, 2.75) is 39.3 Å². The summed E-state index contributed by atoms with van der Waals surface area (Å²) in [6.07, 6.45) is 0.863. The molecule has 0 spiro atoms. The van der Waals surface area contributed by atoms with Crippen molar-refractivity contribution in [1.29, 1.82) is 0 Å². The third-order valence-corrected chi connectivity index (χ3v) is 2.44. The Hall–Kier alpha value is -0.0800. The lowest BCUT2D eigenvalue weighted by atomic mass is 10.1. The second kappa shape index (κ2) is 3.55. The van der Waals surface area contributed by atoms with Crippen LogP contribution in [0.25, 0.3) is 0 Å². The first-order valence-electron chi connectivity index (χ1n) is 4.53. The maximum Gasteiger partial charge on any atom is 0.0704 e. The van der Waals surface area contributed by atoms with E-state index in [0.29, 0.717) is 12.0 Å². The molecule has 0 aromatic rings. The molecule has 1 heterocycles. The summed E-state index contributed by atoms with van der Waals surface area (Å²) < 4.78 is 0. The van der Waals surface area contributed by atoms with Gasteiger partial charge in [-0.3, -0.25) is 4.90 Å². The lowest BCUT2D eigenvalue weighted by Crippen LogP contribution is -2.34. The molecule has 1 rings (SSSR count). The van der Waals surface area contributed by atoms with Crippen molar-refractivity contribution in [3.8, 4) is 0 Å². The van der Waals surface area contributed by atoms with Crippen LogP contribution in [0.2, 0.25) is 0 Å². The van der Waals surface area contributed by atoms with Crippen LogP contribution in [-0.4, -0.2) is 35.2 Å². The molecular weight excluding hydrogens is 138 g/mol. The van der Waals surface area contributed by atoms with E-state index in [1.165, 1.54) is 0 Å². The van der Waals surface area contributed by atoms with Crippen LogP contribution in [0, 0.1) is 5.92 Å². The molecule has 0 saturated carbocycles. The molecule has 2 nitrogen and oxygen atoms in total. The highest BCUT2D eigenvalue weighted by Gasteiger charge is 2.28. The first kappa shape index (κ1) is 9.01. The number of nitrogens with zero attached hydrogens (tertiary/aromatic N) is 1. The molecule has 0 unspecified atom stereocenters. The third kappa shape index (κ3) is 2.17. The van der Waals surface area contributed by atoms with Gasteiger partial charge in [-0.1, -0.05) is 13.8 Å². The standard InChI is InChI=1S/C9H19NO/c1-7(2)6-10-5-4-9(11)8(10)3/h7-9,11H,4-6H2,1-3H3/t8-,9+/m1/s1. The number of hydrogen-bond acceptors (Lipinski definition) is 2. The summed E-state index contributed by atoms with van der Waals surface area (Å²) in [4.78, 5) is 2.37. The molecule has 2 atom stereocenters. The van der Waals surface area contributed by atoms with Gasteiger partial charge in [-0.15, -0.1) is 0 Å². The first-order valence-corrected chi connectivity index (χ1v) is 4.53. The number of aliphatic hydroxyl groups is 1. The van der Waals surface area contributed by atoms with Crippen molar-refractivity contribution < 1.29 is 5.11 Å². The highest BCUT2D eigenvalue weighted by molar-refractivity contribution is 4.83. The zero-order chi connectivity index (χ0) is 8.43. The van der Waals surface area contributed by atoms with Crippen molar-refractivity contribution in [3.05, 3.63) is 0 Å². The minimum atomic E-state index is -0.0891. The van der Waals surface area contributed by atoms with E-state index in [-0.39, 0.29) is 6.10 Å². The molecule has 1 aliphatic rings. The first-order chi connectivity index (χ1) is 5.11. The summed E-state index contributed by atoms with van der Waals surface area (Å²) >= 11 is 0. The van der Waals surface area contributed by atoms with Gasteiger partial charge in [0.15, 0.2) is 0 Å². The average Bonchev–Trinajstić information content (AvgIpc) is 2.18. The summed E-state index contributed by atoms with van der Waals surface area (Å²) in [7, 11) is 0. The number of aliphatic hydroxyl groups excluding tert-OH is 1. The van der Waals surface area contributed by atoms with Gasteiger partial charge >= 0.3 is 0 Å².